The molecule has 130 valence electrons. The number of fused-ring (bicyclic) bond motifs is 1. The molecule has 3 heterocycles. The fourth-order valence-electron chi connectivity index (χ4n) is 2.62. The average molecular weight is 344 g/mol. The van der Waals surface area contributed by atoms with Crippen molar-refractivity contribution in [2.45, 2.75) is 20.1 Å². The third-order valence-corrected chi connectivity index (χ3v) is 3.77. The Kier molecular flexibility index (Phi) is 4.19. The molecule has 3 aromatic rings. The third kappa shape index (κ3) is 2.94. The van der Waals surface area contributed by atoms with Crippen LogP contribution in [0.4, 0.5) is 5.69 Å². The number of nitrogens with two attached hydrogens (primary N) is 1. The van der Waals surface area contributed by atoms with Crippen molar-refractivity contribution < 1.29 is 14.5 Å². The van der Waals surface area contributed by atoms with E-state index in [0.717, 1.165) is 0 Å². The summed E-state index contributed by atoms with van der Waals surface area (Å²) in [5.74, 6) is -0.681. The molecule has 25 heavy (non-hydrogen) atoms. The maximum absolute atomic E-state index is 11.8. The van der Waals surface area contributed by atoms with Crippen LogP contribution in [0.3, 0.4) is 0 Å². The van der Waals surface area contributed by atoms with Crippen LogP contribution in [-0.4, -0.2) is 36.8 Å². The topological polar surface area (TPSA) is 131 Å². The molecule has 0 spiro atoms. The number of hydrogen-bond donors (Lipinski definition) is 1. The van der Waals surface area contributed by atoms with Gasteiger partial charge in [-0.2, -0.15) is 10.2 Å². The highest BCUT2D eigenvalue weighted by atomic mass is 16.6. The molecule has 0 fully saturated rings. The van der Waals surface area contributed by atoms with Crippen LogP contribution in [0.5, 0.6) is 0 Å². The van der Waals surface area contributed by atoms with Crippen molar-refractivity contribution in [1.82, 2.24) is 19.4 Å². The van der Waals surface area contributed by atoms with E-state index in [9.17, 15) is 14.9 Å². The van der Waals surface area contributed by atoms with E-state index < -0.39 is 10.8 Å². The molecule has 10 heteroatoms. The van der Waals surface area contributed by atoms with Crippen molar-refractivity contribution in [3.63, 3.8) is 0 Å². The maximum atomic E-state index is 11.8. The van der Waals surface area contributed by atoms with Gasteiger partial charge in [0.05, 0.1) is 28.4 Å². The summed E-state index contributed by atoms with van der Waals surface area (Å²) in [6, 6.07) is 1.35. The van der Waals surface area contributed by atoms with Gasteiger partial charge in [-0.05, 0) is 13.8 Å². The minimum Gasteiger partial charge on any atom is -0.366 e. The molecular formula is C15H16N6O4. The van der Waals surface area contributed by atoms with Crippen LogP contribution in [0.1, 0.15) is 30.4 Å². The van der Waals surface area contributed by atoms with Crippen LogP contribution in [0.15, 0.2) is 30.9 Å². The number of ether oxygens (including phenoxy) is 1. The largest absolute Gasteiger partial charge is 0.366 e. The molecule has 0 aliphatic rings. The van der Waals surface area contributed by atoms with Gasteiger partial charge in [-0.1, -0.05) is 0 Å². The minimum absolute atomic E-state index is 0.134. The lowest BCUT2D eigenvalue weighted by Crippen LogP contribution is -2.14. The van der Waals surface area contributed by atoms with E-state index in [0.29, 0.717) is 23.3 Å². The first kappa shape index (κ1) is 16.6. The van der Waals surface area contributed by atoms with E-state index in [4.69, 9.17) is 10.5 Å². The SMILES string of the molecule is CCOC(C)n1cc(-c2c(C(N)=O)cnn3cc([N+](=O)[O-])cc23)cn1. The lowest BCUT2D eigenvalue weighted by atomic mass is 10.0. The van der Waals surface area contributed by atoms with Gasteiger partial charge in [0, 0.05) is 30.0 Å². The molecule has 3 aromatic heterocycles. The second-order valence-corrected chi connectivity index (χ2v) is 5.35. The summed E-state index contributed by atoms with van der Waals surface area (Å²) in [7, 11) is 0. The Labute approximate surface area is 141 Å². The van der Waals surface area contributed by atoms with Crippen molar-refractivity contribution in [2.24, 2.45) is 5.73 Å². The molecule has 0 saturated carbocycles. The summed E-state index contributed by atoms with van der Waals surface area (Å²) in [6.45, 7) is 4.23. The average Bonchev–Trinajstić information content (AvgIpc) is 3.21. The third-order valence-electron chi connectivity index (χ3n) is 3.77. The standard InChI is InChI=1S/C15H16N6O4/c1-3-25-9(2)19-7-10(5-17-19)14-12(15(16)22)6-18-20-8-11(21(23)24)4-13(14)20/h4-9H,3H2,1-2H3,(H2,16,22). The molecule has 3 rings (SSSR count). The van der Waals surface area contributed by atoms with Gasteiger partial charge in [-0.15, -0.1) is 0 Å². The minimum atomic E-state index is -0.681. The number of amides is 1. The number of nitrogens with zero attached hydrogens (tertiary/aromatic N) is 5. The quantitative estimate of drug-likeness (QED) is 0.535. The van der Waals surface area contributed by atoms with Crippen molar-refractivity contribution in [2.75, 3.05) is 6.61 Å². The molecule has 0 bridgehead atoms. The van der Waals surface area contributed by atoms with Gasteiger partial charge in [-0.25, -0.2) is 9.20 Å². The second kappa shape index (κ2) is 6.32. The van der Waals surface area contributed by atoms with Crippen LogP contribution in [-0.2, 0) is 4.74 Å². The van der Waals surface area contributed by atoms with Crippen molar-refractivity contribution in [3.8, 4) is 11.1 Å². The Morgan fingerprint density at radius 3 is 2.80 bits per heavy atom. The molecule has 10 nitrogen and oxygen atoms in total. The number of nitro groups is 1. The van der Waals surface area contributed by atoms with Gasteiger partial charge in [0.25, 0.3) is 11.6 Å². The highest BCUT2D eigenvalue weighted by Gasteiger charge is 2.21. The maximum Gasteiger partial charge on any atom is 0.289 e. The Balaban J connectivity index is 2.20. The zero-order valence-electron chi connectivity index (χ0n) is 13.6. The highest BCUT2D eigenvalue weighted by Crippen LogP contribution is 2.31. The van der Waals surface area contributed by atoms with E-state index in [-0.39, 0.29) is 17.5 Å². The summed E-state index contributed by atoms with van der Waals surface area (Å²) in [4.78, 5) is 22.3. The summed E-state index contributed by atoms with van der Waals surface area (Å²) in [6.07, 6.45) is 5.51. The lowest BCUT2D eigenvalue weighted by Gasteiger charge is -2.11. The number of carbonyl (C=O) groups is 1. The molecule has 2 N–H and O–H groups in total. The molecule has 0 aliphatic carbocycles. The molecule has 1 atom stereocenters. The number of aromatic nitrogens is 4. The Morgan fingerprint density at radius 1 is 1.40 bits per heavy atom. The van der Waals surface area contributed by atoms with E-state index >= 15 is 0 Å². The lowest BCUT2D eigenvalue weighted by molar-refractivity contribution is -0.384. The molecular weight excluding hydrogens is 328 g/mol. The predicted octanol–water partition coefficient (Wildman–Crippen LogP) is 1.76. The first-order chi connectivity index (χ1) is 11.9. The predicted molar refractivity (Wildman–Crippen MR) is 87.9 cm³/mol. The monoisotopic (exact) mass is 344 g/mol. The summed E-state index contributed by atoms with van der Waals surface area (Å²) in [5, 5.41) is 19.3. The van der Waals surface area contributed by atoms with Gasteiger partial charge in [-0.3, -0.25) is 14.9 Å². The van der Waals surface area contributed by atoms with Gasteiger partial charge < -0.3 is 10.5 Å². The summed E-state index contributed by atoms with van der Waals surface area (Å²) >= 11 is 0. The normalized spacial score (nSPS) is 12.4. The molecule has 0 saturated heterocycles. The molecule has 0 aliphatic heterocycles. The van der Waals surface area contributed by atoms with Gasteiger partial charge in [0.2, 0.25) is 0 Å². The van der Waals surface area contributed by atoms with E-state index in [2.05, 4.69) is 10.2 Å². The van der Waals surface area contributed by atoms with Crippen molar-refractivity contribution in [3.05, 3.63) is 46.5 Å². The fourth-order valence-corrected chi connectivity index (χ4v) is 2.62. The van der Waals surface area contributed by atoms with E-state index in [1.54, 1.807) is 17.1 Å². The molecule has 1 amide bonds. The molecule has 0 radical (unpaired) electrons. The Morgan fingerprint density at radius 2 is 2.16 bits per heavy atom. The van der Waals surface area contributed by atoms with Crippen LogP contribution in [0, 0.1) is 10.1 Å². The van der Waals surface area contributed by atoms with E-state index in [1.165, 1.54) is 23.0 Å². The zero-order valence-corrected chi connectivity index (χ0v) is 13.6. The van der Waals surface area contributed by atoms with Crippen LogP contribution in [0.25, 0.3) is 16.6 Å². The number of rotatable bonds is 6. The second-order valence-electron chi connectivity index (χ2n) is 5.35. The van der Waals surface area contributed by atoms with Gasteiger partial charge in [0.15, 0.2) is 0 Å². The van der Waals surface area contributed by atoms with Crippen molar-refractivity contribution in [1.29, 1.82) is 0 Å². The highest BCUT2D eigenvalue weighted by molar-refractivity contribution is 6.03. The fraction of sp³-hybridized carbons (Fsp3) is 0.267. The first-order valence-electron chi connectivity index (χ1n) is 7.54. The smallest absolute Gasteiger partial charge is 0.289 e. The van der Waals surface area contributed by atoms with Crippen LogP contribution < -0.4 is 5.73 Å². The number of hydrogen-bond acceptors (Lipinski definition) is 6. The summed E-state index contributed by atoms with van der Waals surface area (Å²) < 4.78 is 8.41. The molecule has 1 unspecified atom stereocenters. The summed E-state index contributed by atoms with van der Waals surface area (Å²) in [5.41, 5.74) is 6.89. The van der Waals surface area contributed by atoms with Gasteiger partial charge in [0.1, 0.15) is 12.4 Å². The first-order valence-corrected chi connectivity index (χ1v) is 7.54. The number of carbonyl (C=O) groups excluding carboxylic acids is 1. The molecule has 0 aromatic carbocycles. The van der Waals surface area contributed by atoms with Crippen LogP contribution >= 0.6 is 0 Å². The van der Waals surface area contributed by atoms with Crippen LogP contribution in [0.2, 0.25) is 0 Å². The van der Waals surface area contributed by atoms with E-state index in [1.807, 2.05) is 13.8 Å². The number of primary amides is 1. The Hall–Kier alpha value is -3.27. The Bertz CT molecular complexity index is 960. The van der Waals surface area contributed by atoms with Crippen molar-refractivity contribution >= 4 is 17.1 Å². The van der Waals surface area contributed by atoms with Gasteiger partial charge >= 0.3 is 0 Å². The zero-order chi connectivity index (χ0) is 18.1.